The number of rotatable bonds is 3. The first-order valence-electron chi connectivity index (χ1n) is 5.96. The number of hydrogen-bond donors (Lipinski definition) is 0. The molecule has 88 valence electrons. The standard InChI is InChI=1S/C13H15N3S/c1-2-6-15-12(4-1)13-5-3-7-16(13)9-11-8-14-10-17-11/h1-2,4,6,8,10,13H,3,5,7,9H2. The molecule has 4 heteroatoms. The van der Waals surface area contributed by atoms with E-state index in [1.807, 2.05) is 24.0 Å². The topological polar surface area (TPSA) is 29.0 Å². The van der Waals surface area contributed by atoms with Crippen molar-refractivity contribution in [3.05, 3.63) is 46.7 Å². The van der Waals surface area contributed by atoms with E-state index in [-0.39, 0.29) is 0 Å². The van der Waals surface area contributed by atoms with Crippen LogP contribution >= 0.6 is 11.3 Å². The molecule has 0 aliphatic carbocycles. The quantitative estimate of drug-likeness (QED) is 0.832. The Bertz CT molecular complexity index is 455. The van der Waals surface area contributed by atoms with Gasteiger partial charge in [-0.25, -0.2) is 0 Å². The van der Waals surface area contributed by atoms with Gasteiger partial charge in [-0.1, -0.05) is 6.07 Å². The summed E-state index contributed by atoms with van der Waals surface area (Å²) in [5, 5.41) is 0. The van der Waals surface area contributed by atoms with E-state index in [4.69, 9.17) is 0 Å². The molecule has 1 fully saturated rings. The average Bonchev–Trinajstić information content (AvgIpc) is 3.02. The zero-order valence-electron chi connectivity index (χ0n) is 9.62. The minimum atomic E-state index is 0.485. The SMILES string of the molecule is c1ccc(C2CCCN2Cc2cncs2)nc1. The molecule has 1 aliphatic rings. The highest BCUT2D eigenvalue weighted by atomic mass is 32.1. The molecule has 3 heterocycles. The maximum atomic E-state index is 4.49. The van der Waals surface area contributed by atoms with E-state index in [1.165, 1.54) is 30.0 Å². The maximum absolute atomic E-state index is 4.49. The van der Waals surface area contributed by atoms with Gasteiger partial charge in [-0.2, -0.15) is 0 Å². The van der Waals surface area contributed by atoms with Crippen molar-refractivity contribution in [3.63, 3.8) is 0 Å². The molecule has 1 aliphatic heterocycles. The Morgan fingerprint density at radius 3 is 3.18 bits per heavy atom. The van der Waals surface area contributed by atoms with Crippen molar-refractivity contribution < 1.29 is 0 Å². The normalized spacial score (nSPS) is 20.8. The molecule has 2 aromatic heterocycles. The van der Waals surface area contributed by atoms with E-state index >= 15 is 0 Å². The molecular weight excluding hydrogens is 230 g/mol. The van der Waals surface area contributed by atoms with Crippen molar-refractivity contribution in [2.75, 3.05) is 6.54 Å². The van der Waals surface area contributed by atoms with Crippen LogP contribution in [0.5, 0.6) is 0 Å². The predicted molar refractivity (Wildman–Crippen MR) is 68.7 cm³/mol. The zero-order valence-corrected chi connectivity index (χ0v) is 10.4. The minimum absolute atomic E-state index is 0.485. The largest absolute Gasteiger partial charge is 0.290 e. The van der Waals surface area contributed by atoms with Crippen LogP contribution in [0.3, 0.4) is 0 Å². The van der Waals surface area contributed by atoms with Gasteiger partial charge in [-0.15, -0.1) is 11.3 Å². The van der Waals surface area contributed by atoms with Crippen LogP contribution in [-0.4, -0.2) is 21.4 Å². The van der Waals surface area contributed by atoms with Gasteiger partial charge in [0.05, 0.1) is 17.2 Å². The molecule has 3 rings (SSSR count). The lowest BCUT2D eigenvalue weighted by molar-refractivity contribution is 0.246. The zero-order chi connectivity index (χ0) is 11.5. The molecule has 2 aromatic rings. The van der Waals surface area contributed by atoms with Gasteiger partial charge in [-0.05, 0) is 31.5 Å². The van der Waals surface area contributed by atoms with Crippen molar-refractivity contribution in [3.8, 4) is 0 Å². The number of pyridine rings is 1. The highest BCUT2D eigenvalue weighted by molar-refractivity contribution is 7.09. The van der Waals surface area contributed by atoms with Crippen LogP contribution in [0.4, 0.5) is 0 Å². The summed E-state index contributed by atoms with van der Waals surface area (Å²) in [5.41, 5.74) is 3.11. The average molecular weight is 245 g/mol. The molecular formula is C13H15N3S. The van der Waals surface area contributed by atoms with Gasteiger partial charge in [0, 0.05) is 23.8 Å². The van der Waals surface area contributed by atoms with Crippen LogP contribution in [0.1, 0.15) is 29.5 Å². The minimum Gasteiger partial charge on any atom is -0.290 e. The van der Waals surface area contributed by atoms with Crippen LogP contribution in [-0.2, 0) is 6.54 Å². The van der Waals surface area contributed by atoms with Gasteiger partial charge in [0.2, 0.25) is 0 Å². The predicted octanol–water partition coefficient (Wildman–Crippen LogP) is 2.88. The molecule has 0 aromatic carbocycles. The van der Waals surface area contributed by atoms with E-state index < -0.39 is 0 Å². The second-order valence-corrected chi connectivity index (χ2v) is 5.32. The molecule has 0 bridgehead atoms. The number of nitrogens with zero attached hydrogens (tertiary/aromatic N) is 3. The lowest BCUT2D eigenvalue weighted by Gasteiger charge is -2.23. The Kier molecular flexibility index (Phi) is 3.16. The van der Waals surface area contributed by atoms with Gasteiger partial charge in [0.1, 0.15) is 0 Å². The fourth-order valence-corrected chi connectivity index (χ4v) is 3.06. The summed E-state index contributed by atoms with van der Waals surface area (Å²) in [6.07, 6.45) is 6.34. The lowest BCUT2D eigenvalue weighted by atomic mass is 10.1. The molecule has 0 saturated carbocycles. The Labute approximate surface area is 105 Å². The van der Waals surface area contributed by atoms with Gasteiger partial charge in [-0.3, -0.25) is 14.9 Å². The molecule has 0 N–H and O–H groups in total. The highest BCUT2D eigenvalue weighted by Gasteiger charge is 2.26. The van der Waals surface area contributed by atoms with Crippen LogP contribution in [0.25, 0.3) is 0 Å². The van der Waals surface area contributed by atoms with Crippen LogP contribution in [0.15, 0.2) is 36.1 Å². The van der Waals surface area contributed by atoms with Gasteiger partial charge in [0.25, 0.3) is 0 Å². The Morgan fingerprint density at radius 2 is 2.41 bits per heavy atom. The van der Waals surface area contributed by atoms with Crippen LogP contribution in [0.2, 0.25) is 0 Å². The van der Waals surface area contributed by atoms with E-state index in [9.17, 15) is 0 Å². The number of aromatic nitrogens is 2. The molecule has 0 radical (unpaired) electrons. The van der Waals surface area contributed by atoms with Crippen LogP contribution in [0, 0.1) is 0 Å². The monoisotopic (exact) mass is 245 g/mol. The third-order valence-electron chi connectivity index (χ3n) is 3.24. The summed E-state index contributed by atoms with van der Waals surface area (Å²) in [5.74, 6) is 0. The van der Waals surface area contributed by atoms with Crippen molar-refractivity contribution in [1.29, 1.82) is 0 Å². The van der Waals surface area contributed by atoms with E-state index in [1.54, 1.807) is 11.3 Å². The van der Waals surface area contributed by atoms with Gasteiger partial charge in [0.15, 0.2) is 0 Å². The fraction of sp³-hybridized carbons (Fsp3) is 0.385. The summed E-state index contributed by atoms with van der Waals surface area (Å²) in [4.78, 5) is 12.5. The van der Waals surface area contributed by atoms with Crippen LogP contribution < -0.4 is 0 Å². The Morgan fingerprint density at radius 1 is 1.41 bits per heavy atom. The summed E-state index contributed by atoms with van der Waals surface area (Å²) in [7, 11) is 0. The molecule has 1 saturated heterocycles. The van der Waals surface area contributed by atoms with E-state index in [0.29, 0.717) is 6.04 Å². The number of likely N-dealkylation sites (tertiary alicyclic amines) is 1. The first-order valence-corrected chi connectivity index (χ1v) is 6.84. The number of hydrogen-bond acceptors (Lipinski definition) is 4. The lowest BCUT2D eigenvalue weighted by Crippen LogP contribution is -2.22. The molecule has 3 nitrogen and oxygen atoms in total. The fourth-order valence-electron chi connectivity index (χ4n) is 2.44. The van der Waals surface area contributed by atoms with Crippen molar-refractivity contribution in [2.45, 2.75) is 25.4 Å². The van der Waals surface area contributed by atoms with Gasteiger partial charge >= 0.3 is 0 Å². The second kappa shape index (κ2) is 4.94. The molecule has 0 amide bonds. The molecule has 1 unspecified atom stereocenters. The third-order valence-corrected chi connectivity index (χ3v) is 4.00. The van der Waals surface area contributed by atoms with E-state index in [2.05, 4.69) is 27.0 Å². The Hall–Kier alpha value is -1.26. The first-order chi connectivity index (χ1) is 8.43. The summed E-state index contributed by atoms with van der Waals surface area (Å²) >= 11 is 1.73. The van der Waals surface area contributed by atoms with Gasteiger partial charge < -0.3 is 0 Å². The molecule has 1 atom stereocenters. The van der Waals surface area contributed by atoms with E-state index in [0.717, 1.165) is 6.54 Å². The Balaban J connectivity index is 1.76. The second-order valence-electron chi connectivity index (χ2n) is 4.35. The summed E-state index contributed by atoms with van der Waals surface area (Å²) in [6.45, 7) is 2.17. The summed E-state index contributed by atoms with van der Waals surface area (Å²) < 4.78 is 0. The molecule has 0 spiro atoms. The maximum Gasteiger partial charge on any atom is 0.0794 e. The third kappa shape index (κ3) is 2.37. The van der Waals surface area contributed by atoms with Crippen molar-refractivity contribution in [2.24, 2.45) is 0 Å². The number of thiazole rings is 1. The highest BCUT2D eigenvalue weighted by Crippen LogP contribution is 2.32. The molecule has 17 heavy (non-hydrogen) atoms. The summed E-state index contributed by atoms with van der Waals surface area (Å²) in [6, 6.07) is 6.67. The first kappa shape index (κ1) is 10.9. The van der Waals surface area contributed by atoms with Crippen molar-refractivity contribution in [1.82, 2.24) is 14.9 Å². The smallest absolute Gasteiger partial charge is 0.0794 e. The van der Waals surface area contributed by atoms with Crippen molar-refractivity contribution >= 4 is 11.3 Å².